The van der Waals surface area contributed by atoms with Gasteiger partial charge in [0.2, 0.25) is 0 Å². The predicted octanol–water partition coefficient (Wildman–Crippen LogP) is 1.55. The zero-order chi connectivity index (χ0) is 12.1. The molecule has 0 bridgehead atoms. The third kappa shape index (κ3) is 3.56. The van der Waals surface area contributed by atoms with E-state index in [-0.39, 0.29) is 12.1 Å². The van der Waals surface area contributed by atoms with Crippen LogP contribution in [0.25, 0.3) is 0 Å². The van der Waals surface area contributed by atoms with Gasteiger partial charge in [0.05, 0.1) is 6.33 Å². The number of imidazole rings is 1. The number of urea groups is 1. The minimum Gasteiger partial charge on any atom is -0.335 e. The molecular formula is C10H13N5OS. The van der Waals surface area contributed by atoms with Crippen LogP contribution >= 0.6 is 11.3 Å². The van der Waals surface area contributed by atoms with Crippen molar-refractivity contribution in [1.29, 1.82) is 0 Å². The summed E-state index contributed by atoms with van der Waals surface area (Å²) in [5.41, 5.74) is 0. The van der Waals surface area contributed by atoms with Crippen molar-refractivity contribution in [1.82, 2.24) is 19.9 Å². The largest absolute Gasteiger partial charge is 0.335 e. The maximum Gasteiger partial charge on any atom is 0.321 e. The Kier molecular flexibility index (Phi) is 3.71. The molecule has 0 fully saturated rings. The second-order valence-electron chi connectivity index (χ2n) is 3.60. The Bertz CT molecular complexity index is 453. The summed E-state index contributed by atoms with van der Waals surface area (Å²) in [5.74, 6) is 0. The zero-order valence-corrected chi connectivity index (χ0v) is 10.1. The Morgan fingerprint density at radius 2 is 2.47 bits per heavy atom. The lowest BCUT2D eigenvalue weighted by atomic mass is 10.3. The highest BCUT2D eigenvalue weighted by atomic mass is 32.1. The highest BCUT2D eigenvalue weighted by Gasteiger charge is 2.08. The number of aromatic nitrogens is 3. The monoisotopic (exact) mass is 251 g/mol. The number of amides is 2. The average molecular weight is 251 g/mol. The molecule has 90 valence electrons. The van der Waals surface area contributed by atoms with Crippen LogP contribution in [0.1, 0.15) is 6.92 Å². The molecule has 2 rings (SSSR count). The van der Waals surface area contributed by atoms with Gasteiger partial charge in [0.25, 0.3) is 0 Å². The first-order chi connectivity index (χ1) is 8.24. The summed E-state index contributed by atoms with van der Waals surface area (Å²) in [6.45, 7) is 2.62. The molecule has 0 aliphatic carbocycles. The van der Waals surface area contributed by atoms with Crippen molar-refractivity contribution in [2.45, 2.75) is 19.5 Å². The fraction of sp³-hybridized carbons (Fsp3) is 0.300. The molecule has 2 aromatic rings. The van der Waals surface area contributed by atoms with Gasteiger partial charge in [0, 0.05) is 36.6 Å². The van der Waals surface area contributed by atoms with Gasteiger partial charge in [-0.25, -0.2) is 14.8 Å². The Balaban J connectivity index is 1.78. The fourth-order valence-electron chi connectivity index (χ4n) is 1.40. The highest BCUT2D eigenvalue weighted by Crippen LogP contribution is 2.09. The quantitative estimate of drug-likeness (QED) is 0.866. The number of hydrogen-bond donors (Lipinski definition) is 2. The molecule has 7 heteroatoms. The second kappa shape index (κ2) is 5.44. The summed E-state index contributed by atoms with van der Waals surface area (Å²) in [5, 5.41) is 7.89. The van der Waals surface area contributed by atoms with E-state index in [0.29, 0.717) is 11.7 Å². The molecule has 0 spiro atoms. The number of carbonyl (C=O) groups excluding carboxylic acids is 1. The van der Waals surface area contributed by atoms with E-state index in [9.17, 15) is 4.79 Å². The molecule has 2 N–H and O–H groups in total. The van der Waals surface area contributed by atoms with Crippen LogP contribution in [0.5, 0.6) is 0 Å². The van der Waals surface area contributed by atoms with Crippen molar-refractivity contribution in [3.8, 4) is 0 Å². The molecule has 0 aliphatic heterocycles. The Morgan fingerprint density at radius 1 is 1.59 bits per heavy atom. The van der Waals surface area contributed by atoms with Gasteiger partial charge in [-0.2, -0.15) is 0 Å². The molecule has 6 nitrogen and oxygen atoms in total. The molecule has 1 atom stereocenters. The summed E-state index contributed by atoms with van der Waals surface area (Å²) in [4.78, 5) is 19.5. The Hall–Kier alpha value is -1.89. The molecule has 17 heavy (non-hydrogen) atoms. The number of nitrogens with zero attached hydrogens (tertiary/aromatic N) is 3. The van der Waals surface area contributed by atoms with Crippen molar-refractivity contribution < 1.29 is 4.79 Å². The van der Waals surface area contributed by atoms with Gasteiger partial charge in [0.15, 0.2) is 5.13 Å². The number of carbonyl (C=O) groups is 1. The van der Waals surface area contributed by atoms with Crippen LogP contribution in [0.4, 0.5) is 9.93 Å². The van der Waals surface area contributed by atoms with E-state index in [1.54, 1.807) is 18.7 Å². The van der Waals surface area contributed by atoms with Crippen molar-refractivity contribution >= 4 is 22.5 Å². The van der Waals surface area contributed by atoms with Crippen LogP contribution in [-0.2, 0) is 6.54 Å². The summed E-state index contributed by atoms with van der Waals surface area (Å²) < 4.78 is 1.91. The molecule has 2 heterocycles. The number of anilines is 1. The summed E-state index contributed by atoms with van der Waals surface area (Å²) in [6, 6.07) is -0.225. The highest BCUT2D eigenvalue weighted by molar-refractivity contribution is 7.13. The van der Waals surface area contributed by atoms with Crippen molar-refractivity contribution in [3.63, 3.8) is 0 Å². The Labute approximate surface area is 103 Å². The van der Waals surface area contributed by atoms with Gasteiger partial charge in [-0.3, -0.25) is 5.32 Å². The third-order valence-electron chi connectivity index (χ3n) is 2.07. The van der Waals surface area contributed by atoms with Crippen molar-refractivity contribution in [2.24, 2.45) is 0 Å². The van der Waals surface area contributed by atoms with Crippen LogP contribution in [-0.4, -0.2) is 26.6 Å². The van der Waals surface area contributed by atoms with Crippen LogP contribution in [0.3, 0.4) is 0 Å². The van der Waals surface area contributed by atoms with Gasteiger partial charge < -0.3 is 9.88 Å². The smallest absolute Gasteiger partial charge is 0.321 e. The third-order valence-corrected chi connectivity index (χ3v) is 2.76. The molecule has 0 aromatic carbocycles. The molecular weight excluding hydrogens is 238 g/mol. The maximum atomic E-state index is 11.6. The lowest BCUT2D eigenvalue weighted by Gasteiger charge is -2.14. The Morgan fingerprint density at radius 3 is 3.12 bits per heavy atom. The molecule has 0 saturated heterocycles. The van der Waals surface area contributed by atoms with Crippen molar-refractivity contribution in [2.75, 3.05) is 5.32 Å². The topological polar surface area (TPSA) is 71.8 Å². The average Bonchev–Trinajstić information content (AvgIpc) is 2.90. The molecule has 0 radical (unpaired) electrons. The van der Waals surface area contributed by atoms with Crippen LogP contribution in [0, 0.1) is 0 Å². The van der Waals surface area contributed by atoms with Crippen LogP contribution in [0.2, 0.25) is 0 Å². The standard InChI is InChI=1S/C10H13N5OS/c1-8(6-15-4-2-11-7-15)13-9(16)14-10-12-3-5-17-10/h2-5,7-8H,6H2,1H3,(H2,12,13,14,16)/t8-/m1/s1. The SMILES string of the molecule is C[C@H](Cn1ccnc1)NC(=O)Nc1nccs1. The molecule has 2 amide bonds. The normalized spacial score (nSPS) is 12.1. The van der Waals surface area contributed by atoms with Crippen molar-refractivity contribution in [3.05, 3.63) is 30.3 Å². The maximum absolute atomic E-state index is 11.6. The molecule has 0 saturated carbocycles. The van der Waals surface area contributed by atoms with E-state index in [4.69, 9.17) is 0 Å². The number of nitrogens with one attached hydrogen (secondary N) is 2. The van der Waals surface area contributed by atoms with E-state index in [2.05, 4.69) is 20.6 Å². The first-order valence-corrected chi connectivity index (χ1v) is 6.05. The van der Waals surface area contributed by atoms with Crippen LogP contribution in [0.15, 0.2) is 30.3 Å². The van der Waals surface area contributed by atoms with E-state index >= 15 is 0 Å². The summed E-state index contributed by atoms with van der Waals surface area (Å²) in [7, 11) is 0. The number of thiazole rings is 1. The van der Waals surface area contributed by atoms with E-state index in [1.165, 1.54) is 11.3 Å². The number of rotatable bonds is 4. The minimum atomic E-state index is -0.243. The summed E-state index contributed by atoms with van der Waals surface area (Å²) >= 11 is 1.39. The first-order valence-electron chi connectivity index (χ1n) is 5.17. The van der Waals surface area contributed by atoms with Crippen LogP contribution < -0.4 is 10.6 Å². The lowest BCUT2D eigenvalue weighted by Crippen LogP contribution is -2.38. The molecule has 0 aliphatic rings. The minimum absolute atomic E-state index is 0.0177. The van der Waals surface area contributed by atoms with E-state index in [1.807, 2.05) is 23.1 Å². The van der Waals surface area contributed by atoms with Gasteiger partial charge in [0.1, 0.15) is 0 Å². The zero-order valence-electron chi connectivity index (χ0n) is 9.33. The number of hydrogen-bond acceptors (Lipinski definition) is 4. The van der Waals surface area contributed by atoms with Gasteiger partial charge in [-0.15, -0.1) is 11.3 Å². The van der Waals surface area contributed by atoms with E-state index < -0.39 is 0 Å². The fourth-order valence-corrected chi connectivity index (χ4v) is 1.92. The van der Waals surface area contributed by atoms with E-state index in [0.717, 1.165) is 0 Å². The van der Waals surface area contributed by atoms with Gasteiger partial charge in [-0.1, -0.05) is 0 Å². The predicted molar refractivity (Wildman–Crippen MR) is 66.0 cm³/mol. The van der Waals surface area contributed by atoms with Gasteiger partial charge in [-0.05, 0) is 6.92 Å². The summed E-state index contributed by atoms with van der Waals surface area (Å²) in [6.07, 6.45) is 6.94. The molecule has 2 aromatic heterocycles. The second-order valence-corrected chi connectivity index (χ2v) is 4.49. The molecule has 0 unspecified atom stereocenters. The lowest BCUT2D eigenvalue weighted by molar-refractivity contribution is 0.248. The van der Waals surface area contributed by atoms with Gasteiger partial charge >= 0.3 is 6.03 Å². The first kappa shape index (κ1) is 11.6.